The Balaban J connectivity index is 0.00000308. The Labute approximate surface area is 294 Å². The van der Waals surface area contributed by atoms with Gasteiger partial charge in [-0.05, 0) is 0 Å². The fourth-order valence-electron chi connectivity index (χ4n) is 6.55. The monoisotopic (exact) mass is 686 g/mol. The zero-order chi connectivity index (χ0) is 28.4. The summed E-state index contributed by atoms with van der Waals surface area (Å²) in [6, 6.07) is 29.7. The molecule has 4 rings (SSSR count). The molecule has 0 amide bonds. The molecule has 230 valence electrons. The van der Waals surface area contributed by atoms with Gasteiger partial charge in [-0.2, -0.15) is 0 Å². The SMILES string of the molecule is CCCCc1ccc([Si](c2ccc(CCCC)cc2)(c2ccc(CCCC)cc2)[C]2([Ti+3])C=CC=C2CCC)cc1.[Cl-].[Cl-].[Cl-]. The summed E-state index contributed by atoms with van der Waals surface area (Å²) in [5.41, 5.74) is 6.00. The van der Waals surface area contributed by atoms with E-state index in [4.69, 9.17) is 0 Å². The molecular weight excluding hydrogens is 639 g/mol. The maximum atomic E-state index is 2.56. The summed E-state index contributed by atoms with van der Waals surface area (Å²) in [7, 11) is -2.53. The van der Waals surface area contributed by atoms with Gasteiger partial charge in [-0.1, -0.05) is 0 Å². The quantitative estimate of drug-likeness (QED) is 0.153. The van der Waals surface area contributed by atoms with Crippen LogP contribution in [0.1, 0.15) is 95.8 Å². The predicted molar refractivity (Wildman–Crippen MR) is 175 cm³/mol. The molecule has 0 N–H and O–H groups in total. The molecule has 3 aromatic carbocycles. The molecule has 3 aromatic rings. The Morgan fingerprint density at radius 3 is 1.16 bits per heavy atom. The Morgan fingerprint density at radius 2 is 0.860 bits per heavy atom. The second-order valence-electron chi connectivity index (χ2n) is 11.8. The fourth-order valence-corrected chi connectivity index (χ4v) is 14.5. The van der Waals surface area contributed by atoms with Crippen LogP contribution in [0, 0.1) is 0 Å². The Hall–Kier alpha value is -1.06. The second kappa shape index (κ2) is 19.5. The molecule has 0 saturated heterocycles. The molecule has 0 aromatic heterocycles. The number of hydrogen-bond donors (Lipinski definition) is 0. The Kier molecular flexibility index (Phi) is 18.1. The van der Waals surface area contributed by atoms with Crippen LogP contribution in [0.4, 0.5) is 0 Å². The van der Waals surface area contributed by atoms with Gasteiger partial charge in [0.2, 0.25) is 0 Å². The van der Waals surface area contributed by atoms with Gasteiger partial charge in [-0.3, -0.25) is 0 Å². The van der Waals surface area contributed by atoms with E-state index in [9.17, 15) is 0 Å². The summed E-state index contributed by atoms with van der Waals surface area (Å²) >= 11 is 2.56. The molecule has 0 saturated carbocycles. The van der Waals surface area contributed by atoms with Crippen LogP contribution < -0.4 is 52.8 Å². The van der Waals surface area contributed by atoms with Crippen molar-refractivity contribution in [1.29, 1.82) is 0 Å². The van der Waals surface area contributed by atoms with Gasteiger partial charge in [0.15, 0.2) is 0 Å². The van der Waals surface area contributed by atoms with Crippen LogP contribution in [-0.4, -0.2) is 8.07 Å². The molecule has 0 nitrogen and oxygen atoms in total. The van der Waals surface area contributed by atoms with Crippen LogP contribution in [0.3, 0.4) is 0 Å². The summed E-state index contributed by atoms with van der Waals surface area (Å²) in [6.45, 7) is 9.19. The van der Waals surface area contributed by atoms with E-state index in [1.165, 1.54) is 96.5 Å². The van der Waals surface area contributed by atoms with Gasteiger partial charge in [-0.25, -0.2) is 0 Å². The van der Waals surface area contributed by atoms with Crippen molar-refractivity contribution < 1.29 is 57.7 Å². The zero-order valence-electron chi connectivity index (χ0n) is 26.6. The largest absolute Gasteiger partial charge is 1.00 e. The number of aryl methyl sites for hydroxylation is 3. The topological polar surface area (TPSA) is 0 Å². The summed E-state index contributed by atoms with van der Waals surface area (Å²) in [4.78, 5) is 0. The van der Waals surface area contributed by atoms with Crippen molar-refractivity contribution in [3.63, 3.8) is 0 Å². The standard InChI is InChI=1S/C38H49Si.3ClH.Ti/c1-5-9-14-31-19-25-35(26-20-31)39(38-18-12-17-34(38)13-8-4,36-27-21-32(22-28-36)15-10-6-2)37-29-23-33(24-30-37)16-11-7-3;;;;/h12,17-30H,5-11,13-16H2,1-4H3;3*1H;/q;;;;+3/p-3. The molecule has 0 spiro atoms. The fraction of sp³-hybridized carbons (Fsp3) is 0.421. The maximum absolute atomic E-state index is 2.56. The molecule has 0 radical (unpaired) electrons. The molecular formula is C38H49Cl3SiTi. The van der Waals surface area contributed by atoms with Crippen molar-refractivity contribution >= 4 is 23.6 Å². The number of halogens is 3. The molecule has 43 heavy (non-hydrogen) atoms. The smallest absolute Gasteiger partial charge is 1.00 e. The van der Waals surface area contributed by atoms with Gasteiger partial charge in [0.25, 0.3) is 0 Å². The van der Waals surface area contributed by atoms with Crippen LogP contribution in [-0.2, 0) is 39.7 Å². The van der Waals surface area contributed by atoms with E-state index in [-0.39, 0.29) is 40.6 Å². The minimum Gasteiger partial charge on any atom is -1.00 e. The maximum Gasteiger partial charge on any atom is -1.00 e. The summed E-state index contributed by atoms with van der Waals surface area (Å²) in [5.74, 6) is 0. The van der Waals surface area contributed by atoms with Gasteiger partial charge in [0.1, 0.15) is 0 Å². The van der Waals surface area contributed by atoms with E-state index in [0.717, 1.165) is 6.42 Å². The summed E-state index contributed by atoms with van der Waals surface area (Å²) in [6.07, 6.45) is 20.7. The van der Waals surface area contributed by atoms with Gasteiger partial charge in [-0.15, -0.1) is 0 Å². The number of allylic oxidation sites excluding steroid dienone is 4. The first-order valence-electron chi connectivity index (χ1n) is 16.0. The molecule has 1 unspecified atom stereocenters. The first-order valence-corrected chi connectivity index (χ1v) is 18.7. The van der Waals surface area contributed by atoms with Gasteiger partial charge < -0.3 is 37.2 Å². The third-order valence-electron chi connectivity index (χ3n) is 8.88. The Morgan fingerprint density at radius 1 is 0.512 bits per heavy atom. The van der Waals surface area contributed by atoms with Crippen molar-refractivity contribution in [2.75, 3.05) is 0 Å². The van der Waals surface area contributed by atoms with Gasteiger partial charge in [0.05, 0.1) is 0 Å². The van der Waals surface area contributed by atoms with Crippen molar-refractivity contribution in [3.8, 4) is 0 Å². The Bertz CT molecular complexity index is 1140. The molecule has 1 aliphatic carbocycles. The van der Waals surface area contributed by atoms with E-state index >= 15 is 0 Å². The normalized spacial score (nSPS) is 15.7. The minimum absolute atomic E-state index is 0. The second-order valence-corrected chi connectivity index (χ2v) is 17.8. The molecule has 0 fully saturated rings. The number of hydrogen-bond acceptors (Lipinski definition) is 0. The summed E-state index contributed by atoms with van der Waals surface area (Å²) in [5, 5.41) is 4.60. The molecule has 0 heterocycles. The van der Waals surface area contributed by atoms with Crippen LogP contribution in [0.2, 0.25) is 3.34 Å². The number of rotatable bonds is 15. The van der Waals surface area contributed by atoms with E-state index in [1.54, 1.807) is 5.57 Å². The van der Waals surface area contributed by atoms with Crippen LogP contribution in [0.25, 0.3) is 0 Å². The van der Waals surface area contributed by atoms with E-state index < -0.39 is 8.07 Å². The predicted octanol–water partition coefficient (Wildman–Crippen LogP) is -0.262. The average molecular weight is 688 g/mol. The molecule has 0 aliphatic heterocycles. The third-order valence-corrected chi connectivity index (χ3v) is 16.7. The van der Waals surface area contributed by atoms with Crippen molar-refractivity contribution in [1.82, 2.24) is 0 Å². The molecule has 5 heteroatoms. The van der Waals surface area contributed by atoms with Crippen molar-refractivity contribution in [2.24, 2.45) is 0 Å². The molecule has 1 aliphatic rings. The van der Waals surface area contributed by atoms with E-state index in [2.05, 4.69) is 139 Å². The van der Waals surface area contributed by atoms with Crippen LogP contribution in [0.5, 0.6) is 0 Å². The number of benzene rings is 3. The van der Waals surface area contributed by atoms with Crippen LogP contribution in [0.15, 0.2) is 96.6 Å². The van der Waals surface area contributed by atoms with Crippen molar-refractivity contribution in [2.45, 2.75) is 102 Å². The van der Waals surface area contributed by atoms with E-state index in [1.807, 2.05) is 0 Å². The first-order chi connectivity index (χ1) is 19.5. The zero-order valence-corrected chi connectivity index (χ0v) is 31.4. The van der Waals surface area contributed by atoms with Gasteiger partial charge in [0, 0.05) is 0 Å². The van der Waals surface area contributed by atoms with Gasteiger partial charge >= 0.3 is 259 Å². The van der Waals surface area contributed by atoms with E-state index in [0.29, 0.717) is 0 Å². The molecule has 1 atom stereocenters. The number of unbranched alkanes of at least 4 members (excludes halogenated alkanes) is 3. The first kappa shape index (κ1) is 40.0. The average Bonchev–Trinajstić information content (AvgIpc) is 3.37. The van der Waals surface area contributed by atoms with Crippen LogP contribution >= 0.6 is 0 Å². The molecule has 0 bridgehead atoms. The minimum atomic E-state index is -2.53. The third kappa shape index (κ3) is 8.81. The van der Waals surface area contributed by atoms with Crippen molar-refractivity contribution in [3.05, 3.63) is 113 Å². The summed E-state index contributed by atoms with van der Waals surface area (Å²) < 4.78 is -0.0240.